The van der Waals surface area contributed by atoms with Crippen LogP contribution in [0, 0.1) is 5.92 Å². The predicted molar refractivity (Wildman–Crippen MR) is 85.4 cm³/mol. The molecule has 1 aliphatic heterocycles. The monoisotopic (exact) mass is 310 g/mol. The average molecular weight is 310 g/mol. The fourth-order valence-electron chi connectivity index (χ4n) is 3.62. The Morgan fingerprint density at radius 2 is 1.86 bits per heavy atom. The minimum absolute atomic E-state index is 0.141. The van der Waals surface area contributed by atoms with E-state index in [-0.39, 0.29) is 17.8 Å². The van der Waals surface area contributed by atoms with Gasteiger partial charge in [0.25, 0.3) is 0 Å². The SMILES string of the molecule is CCOC(=O)C1CCCN(C(=O)CN(C)C2CCCCC2)C1. The molecule has 2 fully saturated rings. The summed E-state index contributed by atoms with van der Waals surface area (Å²) < 4.78 is 5.10. The molecule has 0 spiro atoms. The molecule has 0 aromatic rings. The highest BCUT2D eigenvalue weighted by molar-refractivity contribution is 5.80. The maximum atomic E-state index is 12.5. The van der Waals surface area contributed by atoms with Gasteiger partial charge in [-0.1, -0.05) is 19.3 Å². The van der Waals surface area contributed by atoms with E-state index in [4.69, 9.17) is 4.74 Å². The van der Waals surface area contributed by atoms with Crippen molar-refractivity contribution < 1.29 is 14.3 Å². The summed E-state index contributed by atoms with van der Waals surface area (Å²) in [6.07, 6.45) is 8.01. The zero-order chi connectivity index (χ0) is 15.9. The van der Waals surface area contributed by atoms with Crippen LogP contribution in [-0.2, 0) is 14.3 Å². The molecule has 126 valence electrons. The van der Waals surface area contributed by atoms with Crippen molar-refractivity contribution in [3.63, 3.8) is 0 Å². The van der Waals surface area contributed by atoms with Gasteiger partial charge < -0.3 is 9.64 Å². The van der Waals surface area contributed by atoms with E-state index in [1.165, 1.54) is 32.1 Å². The van der Waals surface area contributed by atoms with Crippen LogP contribution in [0.4, 0.5) is 0 Å². The number of ether oxygens (including phenoxy) is 1. The van der Waals surface area contributed by atoms with Crippen LogP contribution in [0.1, 0.15) is 51.9 Å². The van der Waals surface area contributed by atoms with E-state index < -0.39 is 0 Å². The molecule has 22 heavy (non-hydrogen) atoms. The summed E-state index contributed by atoms with van der Waals surface area (Å²) in [4.78, 5) is 28.4. The van der Waals surface area contributed by atoms with E-state index in [2.05, 4.69) is 11.9 Å². The summed E-state index contributed by atoms with van der Waals surface area (Å²) >= 11 is 0. The zero-order valence-electron chi connectivity index (χ0n) is 14.1. The zero-order valence-corrected chi connectivity index (χ0v) is 14.1. The molecule has 1 unspecified atom stereocenters. The van der Waals surface area contributed by atoms with Crippen molar-refractivity contribution in [3.05, 3.63) is 0 Å². The van der Waals surface area contributed by atoms with Crippen LogP contribution in [0.2, 0.25) is 0 Å². The Hall–Kier alpha value is -1.10. The quantitative estimate of drug-likeness (QED) is 0.729. The Bertz CT molecular complexity index is 380. The highest BCUT2D eigenvalue weighted by Crippen LogP contribution is 2.22. The Labute approximate surface area is 134 Å². The number of carbonyl (C=O) groups excluding carboxylic acids is 2. The Balaban J connectivity index is 1.82. The minimum Gasteiger partial charge on any atom is -0.466 e. The fraction of sp³-hybridized carbons (Fsp3) is 0.882. The molecule has 5 nitrogen and oxygen atoms in total. The van der Waals surface area contributed by atoms with E-state index in [9.17, 15) is 9.59 Å². The van der Waals surface area contributed by atoms with Gasteiger partial charge in [-0.05, 0) is 39.7 Å². The van der Waals surface area contributed by atoms with Crippen LogP contribution in [-0.4, -0.2) is 61.0 Å². The van der Waals surface area contributed by atoms with Gasteiger partial charge in [0.2, 0.25) is 5.91 Å². The van der Waals surface area contributed by atoms with Crippen LogP contribution in [0.25, 0.3) is 0 Å². The van der Waals surface area contributed by atoms with Crippen LogP contribution in [0.5, 0.6) is 0 Å². The highest BCUT2D eigenvalue weighted by Gasteiger charge is 2.30. The molecular formula is C17H30N2O3. The van der Waals surface area contributed by atoms with E-state index in [0.717, 1.165) is 19.4 Å². The molecule has 1 aliphatic carbocycles. The summed E-state index contributed by atoms with van der Waals surface area (Å²) in [5, 5.41) is 0. The van der Waals surface area contributed by atoms with Gasteiger partial charge in [-0.25, -0.2) is 0 Å². The smallest absolute Gasteiger partial charge is 0.310 e. The second-order valence-electron chi connectivity index (χ2n) is 6.64. The molecule has 2 aliphatic rings. The maximum Gasteiger partial charge on any atom is 0.310 e. The fourth-order valence-corrected chi connectivity index (χ4v) is 3.62. The predicted octanol–water partition coefficient (Wildman–Crippen LogP) is 2.05. The molecule has 1 saturated heterocycles. The third kappa shape index (κ3) is 4.70. The first-order valence-corrected chi connectivity index (χ1v) is 8.76. The maximum absolute atomic E-state index is 12.5. The van der Waals surface area contributed by atoms with Crippen LogP contribution in [0.15, 0.2) is 0 Å². The number of esters is 1. The number of likely N-dealkylation sites (tertiary alicyclic amines) is 1. The second kappa shape index (κ2) is 8.51. The van der Waals surface area contributed by atoms with Crippen molar-refractivity contribution >= 4 is 11.9 Å². The average Bonchev–Trinajstić information content (AvgIpc) is 2.56. The number of nitrogens with zero attached hydrogens (tertiary/aromatic N) is 2. The lowest BCUT2D eigenvalue weighted by atomic mass is 9.94. The normalized spacial score (nSPS) is 23.6. The van der Waals surface area contributed by atoms with Gasteiger partial charge >= 0.3 is 5.97 Å². The molecular weight excluding hydrogens is 280 g/mol. The van der Waals surface area contributed by atoms with Crippen LogP contribution in [0.3, 0.4) is 0 Å². The number of likely N-dealkylation sites (N-methyl/N-ethyl adjacent to an activating group) is 1. The van der Waals surface area contributed by atoms with Gasteiger partial charge in [-0.15, -0.1) is 0 Å². The van der Waals surface area contributed by atoms with E-state index in [0.29, 0.717) is 25.7 Å². The number of hydrogen-bond donors (Lipinski definition) is 0. The largest absolute Gasteiger partial charge is 0.466 e. The van der Waals surface area contributed by atoms with Gasteiger partial charge in [0.1, 0.15) is 0 Å². The van der Waals surface area contributed by atoms with Crippen LogP contribution < -0.4 is 0 Å². The van der Waals surface area contributed by atoms with Gasteiger partial charge in [0, 0.05) is 19.1 Å². The van der Waals surface area contributed by atoms with E-state index in [1.54, 1.807) is 0 Å². The topological polar surface area (TPSA) is 49.9 Å². The molecule has 1 saturated carbocycles. The molecule has 1 atom stereocenters. The van der Waals surface area contributed by atoms with Crippen molar-refractivity contribution in [2.45, 2.75) is 57.9 Å². The third-order valence-electron chi connectivity index (χ3n) is 4.98. The molecule has 0 aromatic carbocycles. The lowest BCUT2D eigenvalue weighted by Gasteiger charge is -2.35. The number of hydrogen-bond acceptors (Lipinski definition) is 4. The number of rotatable bonds is 5. The number of amides is 1. The first-order valence-electron chi connectivity index (χ1n) is 8.76. The Kier molecular flexibility index (Phi) is 6.68. The Morgan fingerprint density at radius 1 is 1.14 bits per heavy atom. The van der Waals surface area contributed by atoms with Crippen molar-refractivity contribution in [3.8, 4) is 0 Å². The van der Waals surface area contributed by atoms with Gasteiger partial charge in [-0.2, -0.15) is 0 Å². The van der Waals surface area contributed by atoms with Crippen molar-refractivity contribution in [2.24, 2.45) is 5.92 Å². The Morgan fingerprint density at radius 3 is 2.55 bits per heavy atom. The molecule has 5 heteroatoms. The molecule has 0 aromatic heterocycles. The van der Waals surface area contributed by atoms with Gasteiger partial charge in [-0.3, -0.25) is 14.5 Å². The summed E-state index contributed by atoms with van der Waals surface area (Å²) in [7, 11) is 2.06. The molecule has 0 radical (unpaired) electrons. The summed E-state index contributed by atoms with van der Waals surface area (Å²) in [6.45, 7) is 4.00. The standard InChI is InChI=1S/C17H30N2O3/c1-3-22-17(21)14-8-7-11-19(12-14)16(20)13-18(2)15-9-5-4-6-10-15/h14-15H,3-13H2,1-2H3. The molecule has 0 N–H and O–H groups in total. The molecule has 1 amide bonds. The lowest BCUT2D eigenvalue weighted by Crippen LogP contribution is -2.48. The third-order valence-corrected chi connectivity index (χ3v) is 4.98. The highest BCUT2D eigenvalue weighted by atomic mass is 16.5. The lowest BCUT2D eigenvalue weighted by molar-refractivity contribution is -0.151. The number of piperidine rings is 1. The van der Waals surface area contributed by atoms with Crippen molar-refractivity contribution in [1.29, 1.82) is 0 Å². The van der Waals surface area contributed by atoms with Gasteiger partial charge in [0.15, 0.2) is 0 Å². The molecule has 1 heterocycles. The van der Waals surface area contributed by atoms with Gasteiger partial charge in [0.05, 0.1) is 19.1 Å². The van der Waals surface area contributed by atoms with Crippen LogP contribution >= 0.6 is 0 Å². The summed E-state index contributed by atoms with van der Waals surface area (Å²) in [5.41, 5.74) is 0. The van der Waals surface area contributed by atoms with Crippen molar-refractivity contribution in [1.82, 2.24) is 9.80 Å². The minimum atomic E-state index is -0.152. The first-order chi connectivity index (χ1) is 10.6. The molecule has 2 rings (SSSR count). The van der Waals surface area contributed by atoms with E-state index >= 15 is 0 Å². The van der Waals surface area contributed by atoms with Crippen molar-refractivity contribution in [2.75, 3.05) is 33.3 Å². The number of carbonyl (C=O) groups is 2. The summed E-state index contributed by atoms with van der Waals surface area (Å²) in [6, 6.07) is 0.545. The molecule has 0 bridgehead atoms. The van der Waals surface area contributed by atoms with E-state index in [1.807, 2.05) is 11.8 Å². The first kappa shape index (κ1) is 17.3. The summed E-state index contributed by atoms with van der Waals surface area (Å²) in [5.74, 6) is -0.139. The second-order valence-corrected chi connectivity index (χ2v) is 6.64.